The van der Waals surface area contributed by atoms with Crippen molar-refractivity contribution >= 4 is 5.91 Å². The van der Waals surface area contributed by atoms with Gasteiger partial charge in [-0.05, 0) is 18.9 Å². The third-order valence-corrected chi connectivity index (χ3v) is 5.02. The highest BCUT2D eigenvalue weighted by atomic mass is 16.5. The van der Waals surface area contributed by atoms with Crippen molar-refractivity contribution in [2.45, 2.75) is 46.3 Å². The van der Waals surface area contributed by atoms with Crippen molar-refractivity contribution < 1.29 is 14.3 Å². The minimum atomic E-state index is -0.314. The van der Waals surface area contributed by atoms with Crippen LogP contribution in [0.15, 0.2) is 47.4 Å². The molecule has 1 amide bonds. The average molecular weight is 416 g/mol. The fourth-order valence-corrected chi connectivity index (χ4v) is 3.74. The minimum absolute atomic E-state index is 0.0559. The normalized spacial score (nSPS) is 15.1. The van der Waals surface area contributed by atoms with Crippen LogP contribution in [0.2, 0.25) is 0 Å². The Morgan fingerprint density at radius 1 is 1.07 bits per heavy atom. The maximum absolute atomic E-state index is 12.8. The van der Waals surface area contributed by atoms with Gasteiger partial charge in [0, 0.05) is 25.9 Å². The lowest BCUT2D eigenvalue weighted by molar-refractivity contribution is 0.0260. The summed E-state index contributed by atoms with van der Waals surface area (Å²) in [6.45, 7) is 9.01. The molecule has 1 aromatic carbocycles. The molecule has 0 bridgehead atoms. The fourth-order valence-electron chi connectivity index (χ4n) is 3.74. The van der Waals surface area contributed by atoms with E-state index in [-0.39, 0.29) is 34.9 Å². The molecule has 3 rings (SSSR count). The van der Waals surface area contributed by atoms with Gasteiger partial charge in [0.05, 0.1) is 19.3 Å². The first-order valence-electron chi connectivity index (χ1n) is 10.5. The zero-order valence-electron chi connectivity index (χ0n) is 18.8. The molecule has 1 aliphatic heterocycles. The summed E-state index contributed by atoms with van der Waals surface area (Å²) < 4.78 is 13.1. The van der Waals surface area contributed by atoms with E-state index in [1.165, 1.54) is 13.2 Å². The highest BCUT2D eigenvalue weighted by Gasteiger charge is 2.37. The van der Waals surface area contributed by atoms with Crippen LogP contribution in [0.25, 0.3) is 0 Å². The Morgan fingerprint density at radius 3 is 2.30 bits per heavy atom. The summed E-state index contributed by atoms with van der Waals surface area (Å²) in [6.07, 6.45) is 2.35. The Morgan fingerprint density at radius 2 is 1.73 bits per heavy atom. The number of aromatic nitrogens is 1. The molecule has 2 aromatic rings. The lowest BCUT2D eigenvalue weighted by Crippen LogP contribution is -2.56. The zero-order valence-corrected chi connectivity index (χ0v) is 18.8. The van der Waals surface area contributed by atoms with E-state index in [0.29, 0.717) is 13.3 Å². The van der Waals surface area contributed by atoms with Gasteiger partial charge >= 0.3 is 0 Å². The number of amides is 1. The van der Waals surface area contributed by atoms with E-state index in [1.54, 1.807) is 22.8 Å². The first kappa shape index (κ1) is 23.5. The lowest BCUT2D eigenvalue weighted by Gasteiger charge is -2.45. The van der Waals surface area contributed by atoms with E-state index >= 15 is 0 Å². The number of pyridine rings is 1. The molecule has 30 heavy (non-hydrogen) atoms. The number of benzene rings is 1. The van der Waals surface area contributed by atoms with Crippen molar-refractivity contribution in [2.75, 3.05) is 32.4 Å². The molecule has 7 nitrogen and oxygen atoms in total. The van der Waals surface area contributed by atoms with Crippen molar-refractivity contribution in [2.24, 2.45) is 0 Å². The van der Waals surface area contributed by atoms with E-state index in [2.05, 4.69) is 24.1 Å². The second kappa shape index (κ2) is 10.8. The standard InChI is InChI=1S/C21H27N3O4.C2H6/c1-5-17(28-6-2)18(15-10-8-7-9-11-15)24-14-22(3)21(26)19-20(27-4)16(25)12-13-23(19)24;1-2/h7-13,17-18H,5-6,14H2,1-4H3;1-2H3. The Hall–Kier alpha value is -2.80. The topological polar surface area (TPSA) is 64.0 Å². The monoisotopic (exact) mass is 415 g/mol. The van der Waals surface area contributed by atoms with Crippen molar-refractivity contribution in [3.05, 3.63) is 64.1 Å². The SMILES string of the molecule is CC.CCOC(CC)C(c1ccccc1)N1CN(C)C(=O)c2c(OC)c(=O)ccn21. The molecule has 0 radical (unpaired) electrons. The highest BCUT2D eigenvalue weighted by molar-refractivity contribution is 5.96. The van der Waals surface area contributed by atoms with Gasteiger partial charge in [-0.15, -0.1) is 0 Å². The quantitative estimate of drug-likeness (QED) is 0.693. The highest BCUT2D eigenvalue weighted by Crippen LogP contribution is 2.31. The molecular formula is C23H33N3O4. The molecule has 1 aromatic heterocycles. The summed E-state index contributed by atoms with van der Waals surface area (Å²) in [6, 6.07) is 11.4. The van der Waals surface area contributed by atoms with Crippen LogP contribution in [-0.4, -0.2) is 49.0 Å². The number of rotatable bonds is 7. The van der Waals surface area contributed by atoms with Gasteiger partial charge in [-0.25, -0.2) is 0 Å². The van der Waals surface area contributed by atoms with Crippen LogP contribution in [0.5, 0.6) is 5.75 Å². The summed E-state index contributed by atoms with van der Waals surface area (Å²) in [5.74, 6) is -0.192. The van der Waals surface area contributed by atoms with E-state index in [4.69, 9.17) is 9.47 Å². The third-order valence-electron chi connectivity index (χ3n) is 5.02. The number of nitrogens with zero attached hydrogens (tertiary/aromatic N) is 3. The zero-order chi connectivity index (χ0) is 22.3. The summed E-state index contributed by atoms with van der Waals surface area (Å²) in [4.78, 5) is 26.7. The molecule has 2 unspecified atom stereocenters. The third kappa shape index (κ3) is 4.51. The van der Waals surface area contributed by atoms with Crippen LogP contribution >= 0.6 is 0 Å². The molecular weight excluding hydrogens is 382 g/mol. The van der Waals surface area contributed by atoms with Crippen LogP contribution in [0.4, 0.5) is 0 Å². The van der Waals surface area contributed by atoms with Crippen LogP contribution in [0.1, 0.15) is 56.2 Å². The summed E-state index contributed by atoms with van der Waals surface area (Å²) in [7, 11) is 3.13. The number of carbonyl (C=O) groups is 1. The van der Waals surface area contributed by atoms with Gasteiger partial charge in [0.25, 0.3) is 5.91 Å². The molecule has 0 fully saturated rings. The Kier molecular flexibility index (Phi) is 8.47. The first-order valence-corrected chi connectivity index (χ1v) is 10.5. The van der Waals surface area contributed by atoms with Crippen molar-refractivity contribution in [3.63, 3.8) is 0 Å². The maximum atomic E-state index is 12.8. The van der Waals surface area contributed by atoms with Crippen molar-refractivity contribution in [3.8, 4) is 5.75 Å². The van der Waals surface area contributed by atoms with Gasteiger partial charge in [0.1, 0.15) is 6.67 Å². The largest absolute Gasteiger partial charge is 0.491 e. The first-order chi connectivity index (χ1) is 14.5. The average Bonchev–Trinajstić information content (AvgIpc) is 2.78. The van der Waals surface area contributed by atoms with Crippen LogP contribution in [0, 0.1) is 0 Å². The maximum Gasteiger partial charge on any atom is 0.277 e. The molecule has 2 atom stereocenters. The van der Waals surface area contributed by atoms with Crippen molar-refractivity contribution in [1.82, 2.24) is 9.58 Å². The predicted molar refractivity (Wildman–Crippen MR) is 119 cm³/mol. The molecule has 0 saturated heterocycles. The number of fused-ring (bicyclic) bond motifs is 1. The minimum Gasteiger partial charge on any atom is -0.491 e. The Bertz CT molecular complexity index is 882. The summed E-state index contributed by atoms with van der Waals surface area (Å²) in [5, 5.41) is 2.05. The van der Waals surface area contributed by atoms with Gasteiger partial charge < -0.3 is 14.4 Å². The molecule has 0 saturated carbocycles. The van der Waals surface area contributed by atoms with Gasteiger partial charge in [-0.1, -0.05) is 51.1 Å². The molecule has 7 heteroatoms. The van der Waals surface area contributed by atoms with Gasteiger partial charge in [-0.2, -0.15) is 0 Å². The van der Waals surface area contributed by atoms with E-state index in [1.807, 2.05) is 39.0 Å². The molecule has 0 aliphatic carbocycles. The predicted octanol–water partition coefficient (Wildman–Crippen LogP) is 3.42. The van der Waals surface area contributed by atoms with Crippen LogP contribution in [0.3, 0.4) is 0 Å². The Balaban J connectivity index is 0.00000155. The lowest BCUT2D eigenvalue weighted by atomic mass is 9.98. The van der Waals surface area contributed by atoms with Gasteiger partial charge in [0.15, 0.2) is 11.4 Å². The van der Waals surface area contributed by atoms with E-state index in [9.17, 15) is 9.59 Å². The molecule has 2 heterocycles. The fraction of sp³-hybridized carbons (Fsp3) is 0.478. The Labute approximate surface area is 178 Å². The second-order valence-electron chi connectivity index (χ2n) is 6.75. The second-order valence-corrected chi connectivity index (χ2v) is 6.75. The summed E-state index contributed by atoms with van der Waals surface area (Å²) in [5.41, 5.74) is 0.996. The van der Waals surface area contributed by atoms with E-state index in [0.717, 1.165) is 12.0 Å². The van der Waals surface area contributed by atoms with Crippen LogP contribution in [-0.2, 0) is 4.74 Å². The molecule has 1 aliphatic rings. The molecule has 164 valence electrons. The number of ether oxygens (including phenoxy) is 2. The van der Waals surface area contributed by atoms with Gasteiger partial charge in [0.2, 0.25) is 5.43 Å². The number of methoxy groups -OCH3 is 1. The number of hydrogen-bond donors (Lipinski definition) is 0. The van der Waals surface area contributed by atoms with Crippen LogP contribution < -0.4 is 15.2 Å². The molecule has 0 spiro atoms. The molecule has 0 N–H and O–H groups in total. The van der Waals surface area contributed by atoms with E-state index < -0.39 is 0 Å². The van der Waals surface area contributed by atoms with Gasteiger partial charge in [-0.3, -0.25) is 19.3 Å². The smallest absolute Gasteiger partial charge is 0.277 e. The van der Waals surface area contributed by atoms with Crippen molar-refractivity contribution in [1.29, 1.82) is 0 Å². The summed E-state index contributed by atoms with van der Waals surface area (Å²) >= 11 is 0. The number of carbonyl (C=O) groups excluding carboxylic acids is 1. The number of hydrogen-bond acceptors (Lipinski definition) is 5.